The summed E-state index contributed by atoms with van der Waals surface area (Å²) in [5.41, 5.74) is 8.36. The summed E-state index contributed by atoms with van der Waals surface area (Å²) in [4.78, 5) is 4.32. The van der Waals surface area contributed by atoms with Crippen molar-refractivity contribution in [2.75, 3.05) is 0 Å². The zero-order chi connectivity index (χ0) is 10.1. The normalized spacial score (nSPS) is 14.2. The van der Waals surface area contributed by atoms with Crippen molar-refractivity contribution in [2.45, 2.75) is 33.7 Å². The second kappa shape index (κ2) is 3.46. The summed E-state index contributed by atoms with van der Waals surface area (Å²) < 4.78 is 0. The van der Waals surface area contributed by atoms with Gasteiger partial charge < -0.3 is 5.73 Å². The maximum Gasteiger partial charge on any atom is 0.0605 e. The summed E-state index contributed by atoms with van der Waals surface area (Å²) in [7, 11) is 0. The summed E-state index contributed by atoms with van der Waals surface area (Å²) in [5, 5.41) is 0. The van der Waals surface area contributed by atoms with Gasteiger partial charge in [0.05, 0.1) is 11.7 Å². The molecule has 1 heterocycles. The molecular formula is C11H18N2. The van der Waals surface area contributed by atoms with Crippen molar-refractivity contribution in [3.63, 3.8) is 0 Å². The van der Waals surface area contributed by atoms with Gasteiger partial charge in [0.2, 0.25) is 0 Å². The van der Waals surface area contributed by atoms with Gasteiger partial charge in [0, 0.05) is 6.20 Å². The molecule has 0 bridgehead atoms. The van der Waals surface area contributed by atoms with Crippen LogP contribution < -0.4 is 5.73 Å². The maximum atomic E-state index is 6.11. The number of hydrogen-bond donors (Lipinski definition) is 1. The standard InChI is InChI=1S/C11H18N2/c1-8-6-5-7-13-9(8)10(12)11(2,3)4/h5-7,10H,12H2,1-4H3/t10-/m1/s1. The Labute approximate surface area is 80.2 Å². The first-order valence-corrected chi connectivity index (χ1v) is 4.60. The highest BCUT2D eigenvalue weighted by Crippen LogP contribution is 2.30. The number of aromatic nitrogens is 1. The van der Waals surface area contributed by atoms with Gasteiger partial charge in [-0.15, -0.1) is 0 Å². The molecule has 1 aromatic rings. The molecule has 2 N–H and O–H groups in total. The van der Waals surface area contributed by atoms with Crippen LogP contribution in [-0.2, 0) is 0 Å². The monoisotopic (exact) mass is 178 g/mol. The van der Waals surface area contributed by atoms with Crippen LogP contribution in [0.25, 0.3) is 0 Å². The molecule has 72 valence electrons. The molecule has 1 atom stereocenters. The molecular weight excluding hydrogens is 160 g/mol. The minimum atomic E-state index is 0.00806. The molecule has 0 amide bonds. The Balaban J connectivity index is 3.02. The molecule has 0 spiro atoms. The highest BCUT2D eigenvalue weighted by atomic mass is 14.8. The van der Waals surface area contributed by atoms with E-state index < -0.39 is 0 Å². The van der Waals surface area contributed by atoms with Gasteiger partial charge in [-0.1, -0.05) is 26.8 Å². The average Bonchev–Trinajstić information content (AvgIpc) is 2.02. The zero-order valence-corrected chi connectivity index (χ0v) is 8.83. The quantitative estimate of drug-likeness (QED) is 0.717. The Kier molecular flexibility index (Phi) is 2.71. The smallest absolute Gasteiger partial charge is 0.0605 e. The SMILES string of the molecule is Cc1cccnc1[C@@H](N)C(C)(C)C. The Morgan fingerprint density at radius 2 is 2.00 bits per heavy atom. The number of nitrogens with two attached hydrogens (primary N) is 1. The first kappa shape index (κ1) is 10.2. The van der Waals surface area contributed by atoms with Gasteiger partial charge in [0.1, 0.15) is 0 Å². The van der Waals surface area contributed by atoms with Crippen LogP contribution in [0.2, 0.25) is 0 Å². The lowest BCUT2D eigenvalue weighted by Crippen LogP contribution is -2.27. The first-order chi connectivity index (χ1) is 5.93. The zero-order valence-electron chi connectivity index (χ0n) is 8.83. The van der Waals surface area contributed by atoms with E-state index in [-0.39, 0.29) is 11.5 Å². The van der Waals surface area contributed by atoms with Crippen LogP contribution in [0.3, 0.4) is 0 Å². The van der Waals surface area contributed by atoms with E-state index >= 15 is 0 Å². The van der Waals surface area contributed by atoms with E-state index in [2.05, 4.69) is 25.8 Å². The largest absolute Gasteiger partial charge is 0.322 e. The second-order valence-corrected chi connectivity index (χ2v) is 4.55. The van der Waals surface area contributed by atoms with Gasteiger partial charge in [-0.05, 0) is 24.0 Å². The fraction of sp³-hybridized carbons (Fsp3) is 0.545. The van der Waals surface area contributed by atoms with Gasteiger partial charge in [0.25, 0.3) is 0 Å². The molecule has 2 nitrogen and oxygen atoms in total. The van der Waals surface area contributed by atoms with Crippen molar-refractivity contribution in [1.82, 2.24) is 4.98 Å². The molecule has 0 saturated heterocycles. The van der Waals surface area contributed by atoms with Crippen molar-refractivity contribution in [1.29, 1.82) is 0 Å². The van der Waals surface area contributed by atoms with Gasteiger partial charge in [-0.3, -0.25) is 4.98 Å². The van der Waals surface area contributed by atoms with Gasteiger partial charge >= 0.3 is 0 Å². The summed E-state index contributed by atoms with van der Waals surface area (Å²) in [6.45, 7) is 8.44. The third-order valence-corrected chi connectivity index (χ3v) is 2.28. The predicted molar refractivity (Wildman–Crippen MR) is 55.4 cm³/mol. The molecule has 0 aliphatic carbocycles. The number of pyridine rings is 1. The fourth-order valence-electron chi connectivity index (χ4n) is 1.23. The Morgan fingerprint density at radius 1 is 1.38 bits per heavy atom. The third-order valence-electron chi connectivity index (χ3n) is 2.28. The topological polar surface area (TPSA) is 38.9 Å². The molecule has 0 aromatic carbocycles. The highest BCUT2D eigenvalue weighted by molar-refractivity contribution is 5.22. The number of nitrogens with zero attached hydrogens (tertiary/aromatic N) is 1. The van der Waals surface area contributed by atoms with Crippen molar-refractivity contribution in [3.8, 4) is 0 Å². The maximum absolute atomic E-state index is 6.11. The molecule has 0 fully saturated rings. The van der Waals surface area contributed by atoms with Gasteiger partial charge in [-0.2, -0.15) is 0 Å². The van der Waals surface area contributed by atoms with E-state index in [1.54, 1.807) is 6.20 Å². The summed E-state index contributed by atoms with van der Waals surface area (Å²) in [6, 6.07) is 4.00. The lowest BCUT2D eigenvalue weighted by molar-refractivity contribution is 0.320. The van der Waals surface area contributed by atoms with Crippen molar-refractivity contribution in [3.05, 3.63) is 29.6 Å². The van der Waals surface area contributed by atoms with E-state index in [1.165, 1.54) is 5.56 Å². The van der Waals surface area contributed by atoms with Gasteiger partial charge in [-0.25, -0.2) is 0 Å². The first-order valence-electron chi connectivity index (χ1n) is 4.60. The molecule has 0 unspecified atom stereocenters. The molecule has 13 heavy (non-hydrogen) atoms. The summed E-state index contributed by atoms with van der Waals surface area (Å²) in [6.07, 6.45) is 1.80. The number of rotatable bonds is 1. The van der Waals surface area contributed by atoms with Crippen LogP contribution in [-0.4, -0.2) is 4.98 Å². The lowest BCUT2D eigenvalue weighted by Gasteiger charge is -2.27. The molecule has 1 rings (SSSR count). The molecule has 0 aliphatic rings. The van der Waals surface area contributed by atoms with E-state index in [1.807, 2.05) is 19.1 Å². The van der Waals surface area contributed by atoms with Crippen LogP contribution >= 0.6 is 0 Å². The van der Waals surface area contributed by atoms with Crippen LogP contribution in [0.1, 0.15) is 38.1 Å². The van der Waals surface area contributed by atoms with Crippen LogP contribution in [0.15, 0.2) is 18.3 Å². The van der Waals surface area contributed by atoms with Crippen molar-refractivity contribution in [2.24, 2.45) is 11.1 Å². The highest BCUT2D eigenvalue weighted by Gasteiger charge is 2.24. The predicted octanol–water partition coefficient (Wildman–Crippen LogP) is 2.44. The minimum absolute atomic E-state index is 0.00806. The van der Waals surface area contributed by atoms with Crippen LogP contribution in [0.4, 0.5) is 0 Å². The van der Waals surface area contributed by atoms with Crippen molar-refractivity contribution < 1.29 is 0 Å². The molecule has 0 saturated carbocycles. The molecule has 0 aliphatic heterocycles. The molecule has 1 aromatic heterocycles. The Hall–Kier alpha value is -0.890. The summed E-state index contributed by atoms with van der Waals surface area (Å²) in [5.74, 6) is 0. The fourth-order valence-corrected chi connectivity index (χ4v) is 1.23. The summed E-state index contributed by atoms with van der Waals surface area (Å²) >= 11 is 0. The van der Waals surface area contributed by atoms with E-state index in [0.717, 1.165) is 5.69 Å². The minimum Gasteiger partial charge on any atom is -0.322 e. The van der Waals surface area contributed by atoms with E-state index in [9.17, 15) is 0 Å². The van der Waals surface area contributed by atoms with Gasteiger partial charge in [0.15, 0.2) is 0 Å². The second-order valence-electron chi connectivity index (χ2n) is 4.55. The third kappa shape index (κ3) is 2.28. The molecule has 2 heteroatoms. The van der Waals surface area contributed by atoms with E-state index in [4.69, 9.17) is 5.73 Å². The van der Waals surface area contributed by atoms with Crippen LogP contribution in [0.5, 0.6) is 0 Å². The number of hydrogen-bond acceptors (Lipinski definition) is 2. The number of aryl methyl sites for hydroxylation is 1. The van der Waals surface area contributed by atoms with Crippen LogP contribution in [0, 0.1) is 12.3 Å². The Morgan fingerprint density at radius 3 is 2.46 bits per heavy atom. The van der Waals surface area contributed by atoms with Crippen molar-refractivity contribution >= 4 is 0 Å². The molecule has 0 radical (unpaired) electrons. The average molecular weight is 178 g/mol. The lowest BCUT2D eigenvalue weighted by atomic mass is 9.84. The Bertz CT molecular complexity index is 286. The van der Waals surface area contributed by atoms with E-state index in [0.29, 0.717) is 0 Å².